The highest BCUT2D eigenvalue weighted by atomic mass is 16.5. The van der Waals surface area contributed by atoms with Gasteiger partial charge in [-0.05, 0) is 60.6 Å². The smallest absolute Gasteiger partial charge is 0.306 e. The molecule has 1 aromatic rings. The van der Waals surface area contributed by atoms with Crippen molar-refractivity contribution in [2.24, 2.45) is 11.8 Å². The Kier molecular flexibility index (Phi) is 6.09. The number of hydrogen-bond donors (Lipinski definition) is 1. The second-order valence-electron chi connectivity index (χ2n) is 7.08. The molecule has 1 aliphatic rings. The Morgan fingerprint density at radius 2 is 2.09 bits per heavy atom. The third-order valence-corrected chi connectivity index (χ3v) is 4.91. The van der Waals surface area contributed by atoms with Crippen LogP contribution in [-0.2, 0) is 4.79 Å². The molecular weight excluding hydrogens is 288 g/mol. The highest BCUT2D eigenvalue weighted by molar-refractivity contribution is 5.73. The van der Waals surface area contributed by atoms with Crippen LogP contribution in [0.2, 0.25) is 0 Å². The molecule has 0 saturated heterocycles. The molecule has 1 aliphatic carbocycles. The molecule has 3 nitrogen and oxygen atoms in total. The minimum Gasteiger partial charge on any atom is -0.493 e. The van der Waals surface area contributed by atoms with E-state index in [1.807, 2.05) is 0 Å². The van der Waals surface area contributed by atoms with Crippen LogP contribution in [0.25, 0.3) is 0 Å². The van der Waals surface area contributed by atoms with Gasteiger partial charge in [-0.25, -0.2) is 0 Å². The van der Waals surface area contributed by atoms with Gasteiger partial charge in [0.1, 0.15) is 5.75 Å². The summed E-state index contributed by atoms with van der Waals surface area (Å²) in [5.74, 6) is 1.48. The van der Waals surface area contributed by atoms with Crippen LogP contribution in [0.4, 0.5) is 0 Å². The van der Waals surface area contributed by atoms with Crippen molar-refractivity contribution in [3.05, 3.63) is 29.3 Å². The topological polar surface area (TPSA) is 46.5 Å². The van der Waals surface area contributed by atoms with E-state index in [2.05, 4.69) is 45.9 Å². The highest BCUT2D eigenvalue weighted by Gasteiger charge is 2.43. The van der Waals surface area contributed by atoms with E-state index in [4.69, 9.17) is 9.84 Å². The molecule has 3 atom stereocenters. The molecule has 0 bridgehead atoms. The van der Waals surface area contributed by atoms with Crippen LogP contribution in [-0.4, -0.2) is 17.7 Å². The van der Waals surface area contributed by atoms with Gasteiger partial charge in [0.15, 0.2) is 0 Å². The molecule has 3 heteroatoms. The molecular formula is C20H30O3. The Hall–Kier alpha value is -1.51. The minimum atomic E-state index is -0.629. The molecule has 23 heavy (non-hydrogen) atoms. The van der Waals surface area contributed by atoms with Crippen LogP contribution in [0, 0.1) is 11.8 Å². The van der Waals surface area contributed by atoms with Crippen molar-refractivity contribution in [1.29, 1.82) is 0 Å². The molecule has 1 fully saturated rings. The normalized spacial score (nSPS) is 21.3. The van der Waals surface area contributed by atoms with Crippen molar-refractivity contribution in [2.45, 2.75) is 65.2 Å². The lowest BCUT2D eigenvalue weighted by molar-refractivity contribution is -0.138. The van der Waals surface area contributed by atoms with Crippen LogP contribution >= 0.6 is 0 Å². The van der Waals surface area contributed by atoms with Crippen LogP contribution in [0.3, 0.4) is 0 Å². The Balaban J connectivity index is 2.13. The summed E-state index contributed by atoms with van der Waals surface area (Å²) in [7, 11) is 0. The molecule has 0 aromatic heterocycles. The number of carboxylic acids is 1. The van der Waals surface area contributed by atoms with Crippen molar-refractivity contribution >= 4 is 5.97 Å². The number of carboxylic acid groups (broad SMARTS) is 1. The summed E-state index contributed by atoms with van der Waals surface area (Å²) in [5.41, 5.74) is 2.59. The predicted molar refractivity (Wildman–Crippen MR) is 93.2 cm³/mol. The Labute approximate surface area is 140 Å². The average Bonchev–Trinajstić information content (AvgIpc) is 3.30. The molecule has 0 spiro atoms. The van der Waals surface area contributed by atoms with Gasteiger partial charge in [-0.3, -0.25) is 4.79 Å². The summed E-state index contributed by atoms with van der Waals surface area (Å²) < 4.78 is 5.88. The van der Waals surface area contributed by atoms with Gasteiger partial charge in [-0.1, -0.05) is 39.8 Å². The molecule has 1 N–H and O–H groups in total. The lowest BCUT2D eigenvalue weighted by Gasteiger charge is -2.20. The minimum absolute atomic E-state index is 0.110. The Morgan fingerprint density at radius 3 is 2.61 bits per heavy atom. The zero-order valence-corrected chi connectivity index (χ0v) is 14.8. The summed E-state index contributed by atoms with van der Waals surface area (Å²) in [6.07, 6.45) is 3.89. The van der Waals surface area contributed by atoms with Gasteiger partial charge in [0, 0.05) is 0 Å². The first-order valence-corrected chi connectivity index (χ1v) is 8.97. The predicted octanol–water partition coefficient (Wildman–Crippen LogP) is 5.20. The van der Waals surface area contributed by atoms with Crippen molar-refractivity contribution in [3.8, 4) is 5.75 Å². The molecule has 0 radical (unpaired) electrons. The van der Waals surface area contributed by atoms with E-state index in [0.29, 0.717) is 17.8 Å². The largest absolute Gasteiger partial charge is 0.493 e. The van der Waals surface area contributed by atoms with Gasteiger partial charge in [-0.15, -0.1) is 0 Å². The summed E-state index contributed by atoms with van der Waals surface area (Å²) >= 11 is 0. The second kappa shape index (κ2) is 7.85. The Bertz CT molecular complexity index is 536. The number of benzene rings is 1. The van der Waals surface area contributed by atoms with Crippen molar-refractivity contribution in [3.63, 3.8) is 0 Å². The van der Waals surface area contributed by atoms with E-state index in [9.17, 15) is 4.79 Å². The highest BCUT2D eigenvalue weighted by Crippen LogP contribution is 2.46. The first-order valence-electron chi connectivity index (χ1n) is 8.97. The van der Waals surface area contributed by atoms with Crippen molar-refractivity contribution in [2.75, 3.05) is 6.61 Å². The van der Waals surface area contributed by atoms with Gasteiger partial charge < -0.3 is 9.84 Å². The Morgan fingerprint density at radius 1 is 1.35 bits per heavy atom. The maximum absolute atomic E-state index is 11.1. The van der Waals surface area contributed by atoms with E-state index >= 15 is 0 Å². The number of carbonyl (C=O) groups is 1. The molecule has 0 aliphatic heterocycles. The SMILES string of the molecule is CCCOc1ccc(C(CC)CC2CC2C(=O)O)cc1C(C)C. The lowest BCUT2D eigenvalue weighted by atomic mass is 9.88. The molecule has 1 saturated carbocycles. The standard InChI is InChI=1S/C20H30O3/c1-5-9-23-19-8-7-15(11-17(19)13(3)4)14(6-2)10-16-12-18(16)20(21)22/h7-8,11,13-14,16,18H,5-6,9-10,12H2,1-4H3,(H,21,22). The van der Waals surface area contributed by atoms with Crippen LogP contribution < -0.4 is 4.74 Å². The van der Waals surface area contributed by atoms with Gasteiger partial charge in [0.25, 0.3) is 0 Å². The van der Waals surface area contributed by atoms with Crippen LogP contribution in [0.15, 0.2) is 18.2 Å². The van der Waals surface area contributed by atoms with Gasteiger partial charge in [0.2, 0.25) is 0 Å². The zero-order chi connectivity index (χ0) is 17.0. The molecule has 2 rings (SSSR count). The molecule has 1 aromatic carbocycles. The van der Waals surface area contributed by atoms with E-state index in [1.165, 1.54) is 11.1 Å². The number of rotatable bonds is 9. The van der Waals surface area contributed by atoms with E-state index in [-0.39, 0.29) is 5.92 Å². The lowest BCUT2D eigenvalue weighted by Crippen LogP contribution is -2.06. The third kappa shape index (κ3) is 4.49. The van der Waals surface area contributed by atoms with E-state index < -0.39 is 5.97 Å². The van der Waals surface area contributed by atoms with Gasteiger partial charge in [0.05, 0.1) is 12.5 Å². The van der Waals surface area contributed by atoms with Crippen LogP contribution in [0.1, 0.15) is 76.3 Å². The fraction of sp³-hybridized carbons (Fsp3) is 0.650. The van der Waals surface area contributed by atoms with Crippen molar-refractivity contribution < 1.29 is 14.6 Å². The summed E-state index contributed by atoms with van der Waals surface area (Å²) in [5, 5.41) is 9.10. The molecule has 0 heterocycles. The maximum atomic E-state index is 11.1. The third-order valence-electron chi connectivity index (χ3n) is 4.91. The monoisotopic (exact) mass is 318 g/mol. The van der Waals surface area contributed by atoms with E-state index in [0.717, 1.165) is 38.0 Å². The number of hydrogen-bond acceptors (Lipinski definition) is 2. The first kappa shape index (κ1) is 17.8. The van der Waals surface area contributed by atoms with Crippen molar-refractivity contribution in [1.82, 2.24) is 0 Å². The van der Waals surface area contributed by atoms with Gasteiger partial charge >= 0.3 is 5.97 Å². The number of ether oxygens (including phenoxy) is 1. The number of aliphatic carboxylic acids is 1. The maximum Gasteiger partial charge on any atom is 0.306 e. The summed E-state index contributed by atoms with van der Waals surface area (Å²) in [4.78, 5) is 11.1. The molecule has 128 valence electrons. The van der Waals surface area contributed by atoms with Gasteiger partial charge in [-0.2, -0.15) is 0 Å². The quantitative estimate of drug-likeness (QED) is 0.680. The van der Waals surface area contributed by atoms with Crippen LogP contribution in [0.5, 0.6) is 5.75 Å². The second-order valence-corrected chi connectivity index (χ2v) is 7.08. The van der Waals surface area contributed by atoms with E-state index in [1.54, 1.807) is 0 Å². The first-order chi connectivity index (χ1) is 11.0. The summed E-state index contributed by atoms with van der Waals surface area (Å²) in [6, 6.07) is 6.55. The molecule has 0 amide bonds. The molecule has 3 unspecified atom stereocenters. The average molecular weight is 318 g/mol. The fourth-order valence-electron chi connectivity index (χ4n) is 3.33. The summed E-state index contributed by atoms with van der Waals surface area (Å²) in [6.45, 7) is 9.45. The fourth-order valence-corrected chi connectivity index (χ4v) is 3.33. The zero-order valence-electron chi connectivity index (χ0n) is 14.8.